The number of benzene rings is 1. The predicted molar refractivity (Wildman–Crippen MR) is 65.2 cm³/mol. The van der Waals surface area contributed by atoms with Crippen molar-refractivity contribution in [3.8, 4) is 5.75 Å². The van der Waals surface area contributed by atoms with Crippen LogP contribution >= 0.6 is 12.6 Å². The van der Waals surface area contributed by atoms with Crippen molar-refractivity contribution >= 4 is 18.8 Å². The van der Waals surface area contributed by atoms with Gasteiger partial charge in [0.2, 0.25) is 0 Å². The van der Waals surface area contributed by atoms with E-state index < -0.39 is 11.8 Å². The van der Waals surface area contributed by atoms with E-state index >= 15 is 0 Å². The van der Waals surface area contributed by atoms with E-state index in [1.807, 2.05) is 20.8 Å². The Hall–Kier alpha value is -1.16. The summed E-state index contributed by atoms with van der Waals surface area (Å²) in [6.45, 7) is 5.62. The van der Waals surface area contributed by atoms with Gasteiger partial charge >= 0.3 is 6.16 Å². The van der Waals surface area contributed by atoms with Crippen molar-refractivity contribution in [1.29, 1.82) is 0 Å². The molecule has 0 heterocycles. The molecule has 0 aliphatic heterocycles. The maximum absolute atomic E-state index is 11.4. The molecular formula is C12H16O3S. The second-order valence-corrected chi connectivity index (χ2v) is 4.58. The number of hydrogen-bond acceptors (Lipinski definition) is 4. The van der Waals surface area contributed by atoms with E-state index in [-0.39, 0.29) is 0 Å². The standard InChI is InChI=1S/C12H16O3S/c1-4-12(2,3)15-11(13)14-9-5-7-10(16)8-6-9/h5-8,16H,4H2,1-3H3. The van der Waals surface area contributed by atoms with Crippen LogP contribution in [0, 0.1) is 0 Å². The minimum absolute atomic E-state index is 0.453. The van der Waals surface area contributed by atoms with E-state index in [1.54, 1.807) is 24.3 Å². The Labute approximate surface area is 101 Å². The number of carbonyl (C=O) groups is 1. The van der Waals surface area contributed by atoms with Crippen molar-refractivity contribution in [3.05, 3.63) is 24.3 Å². The van der Waals surface area contributed by atoms with Crippen LogP contribution < -0.4 is 4.74 Å². The average molecular weight is 240 g/mol. The molecule has 1 aromatic carbocycles. The second kappa shape index (κ2) is 5.25. The second-order valence-electron chi connectivity index (χ2n) is 4.06. The Bertz CT molecular complexity index is 357. The van der Waals surface area contributed by atoms with E-state index in [2.05, 4.69) is 12.6 Å². The van der Waals surface area contributed by atoms with Crippen LogP contribution in [0.3, 0.4) is 0 Å². The minimum Gasteiger partial charge on any atom is -0.428 e. The van der Waals surface area contributed by atoms with E-state index in [0.717, 1.165) is 11.3 Å². The lowest BCUT2D eigenvalue weighted by molar-refractivity contribution is 0.00706. The highest BCUT2D eigenvalue weighted by Crippen LogP contribution is 2.18. The topological polar surface area (TPSA) is 35.5 Å². The lowest BCUT2D eigenvalue weighted by atomic mass is 10.1. The molecule has 3 nitrogen and oxygen atoms in total. The summed E-state index contributed by atoms with van der Waals surface area (Å²) in [5.74, 6) is 0.453. The van der Waals surface area contributed by atoms with Crippen molar-refractivity contribution in [2.45, 2.75) is 37.7 Å². The van der Waals surface area contributed by atoms with Gasteiger partial charge in [-0.05, 0) is 44.5 Å². The Morgan fingerprint density at radius 1 is 1.31 bits per heavy atom. The van der Waals surface area contributed by atoms with Gasteiger partial charge in [0.1, 0.15) is 11.4 Å². The van der Waals surface area contributed by atoms with Gasteiger partial charge in [-0.2, -0.15) is 0 Å². The van der Waals surface area contributed by atoms with Crippen LogP contribution in [0.15, 0.2) is 29.2 Å². The van der Waals surface area contributed by atoms with Gasteiger partial charge < -0.3 is 9.47 Å². The van der Waals surface area contributed by atoms with Crippen LogP contribution in [-0.4, -0.2) is 11.8 Å². The lowest BCUT2D eigenvalue weighted by Crippen LogP contribution is -2.28. The third-order valence-electron chi connectivity index (χ3n) is 2.25. The minimum atomic E-state index is -0.682. The smallest absolute Gasteiger partial charge is 0.428 e. The summed E-state index contributed by atoms with van der Waals surface area (Å²) in [7, 11) is 0. The molecule has 4 heteroatoms. The van der Waals surface area contributed by atoms with Gasteiger partial charge in [-0.3, -0.25) is 0 Å². The first-order valence-electron chi connectivity index (χ1n) is 5.13. The van der Waals surface area contributed by atoms with Gasteiger partial charge in [0, 0.05) is 4.90 Å². The molecule has 0 bridgehead atoms. The normalized spacial score (nSPS) is 11.0. The van der Waals surface area contributed by atoms with E-state index in [9.17, 15) is 4.79 Å². The molecule has 0 saturated heterocycles. The first-order chi connectivity index (χ1) is 7.43. The van der Waals surface area contributed by atoms with E-state index in [0.29, 0.717) is 5.75 Å². The summed E-state index contributed by atoms with van der Waals surface area (Å²) in [6.07, 6.45) is 0.0521. The maximum atomic E-state index is 11.4. The summed E-state index contributed by atoms with van der Waals surface area (Å²) >= 11 is 4.13. The summed E-state index contributed by atoms with van der Waals surface area (Å²) in [6, 6.07) is 6.83. The molecule has 0 radical (unpaired) electrons. The van der Waals surface area contributed by atoms with Gasteiger partial charge in [-0.1, -0.05) is 6.92 Å². The third-order valence-corrected chi connectivity index (χ3v) is 2.55. The van der Waals surface area contributed by atoms with Gasteiger partial charge in [-0.15, -0.1) is 12.6 Å². The summed E-state index contributed by atoms with van der Waals surface area (Å²) in [4.78, 5) is 12.2. The van der Waals surface area contributed by atoms with Gasteiger partial charge in [0.25, 0.3) is 0 Å². The molecule has 1 rings (SSSR count). The first-order valence-corrected chi connectivity index (χ1v) is 5.57. The number of hydrogen-bond donors (Lipinski definition) is 1. The van der Waals surface area contributed by atoms with Crippen molar-refractivity contribution in [1.82, 2.24) is 0 Å². The highest BCUT2D eigenvalue weighted by atomic mass is 32.1. The zero-order valence-electron chi connectivity index (χ0n) is 9.69. The SMILES string of the molecule is CCC(C)(C)OC(=O)Oc1ccc(S)cc1. The molecular weight excluding hydrogens is 224 g/mol. The van der Waals surface area contributed by atoms with Crippen molar-refractivity contribution in [2.24, 2.45) is 0 Å². The molecule has 0 aromatic heterocycles. The van der Waals surface area contributed by atoms with Crippen molar-refractivity contribution < 1.29 is 14.3 Å². The van der Waals surface area contributed by atoms with E-state index in [1.165, 1.54) is 0 Å². The van der Waals surface area contributed by atoms with Crippen LogP contribution in [0.25, 0.3) is 0 Å². The molecule has 0 spiro atoms. The number of thiol groups is 1. The molecule has 16 heavy (non-hydrogen) atoms. The van der Waals surface area contributed by atoms with Crippen molar-refractivity contribution in [2.75, 3.05) is 0 Å². The highest BCUT2D eigenvalue weighted by Gasteiger charge is 2.21. The molecule has 0 aliphatic carbocycles. The molecule has 0 N–H and O–H groups in total. The average Bonchev–Trinajstić information content (AvgIpc) is 2.21. The largest absolute Gasteiger partial charge is 0.514 e. The molecule has 88 valence electrons. The fourth-order valence-corrected chi connectivity index (χ4v) is 1.08. The van der Waals surface area contributed by atoms with E-state index in [4.69, 9.17) is 9.47 Å². The third kappa shape index (κ3) is 4.14. The zero-order valence-corrected chi connectivity index (χ0v) is 10.6. The molecule has 0 fully saturated rings. The Kier molecular flexibility index (Phi) is 4.24. The van der Waals surface area contributed by atoms with Gasteiger partial charge in [0.15, 0.2) is 0 Å². The molecule has 0 aliphatic rings. The summed E-state index contributed by atoms with van der Waals surface area (Å²) in [5.41, 5.74) is -0.499. The van der Waals surface area contributed by atoms with Crippen LogP contribution in [0.2, 0.25) is 0 Å². The Morgan fingerprint density at radius 3 is 2.38 bits per heavy atom. The Morgan fingerprint density at radius 2 is 1.88 bits per heavy atom. The first kappa shape index (κ1) is 12.9. The monoisotopic (exact) mass is 240 g/mol. The number of carbonyl (C=O) groups excluding carboxylic acids is 1. The number of rotatable bonds is 3. The molecule has 0 unspecified atom stereocenters. The molecule has 0 amide bonds. The van der Waals surface area contributed by atoms with Gasteiger partial charge in [-0.25, -0.2) is 4.79 Å². The maximum Gasteiger partial charge on any atom is 0.514 e. The van der Waals surface area contributed by atoms with Crippen LogP contribution in [-0.2, 0) is 4.74 Å². The lowest BCUT2D eigenvalue weighted by Gasteiger charge is -2.22. The predicted octanol–water partition coefficient (Wildman–Crippen LogP) is 3.68. The summed E-state index contributed by atoms with van der Waals surface area (Å²) in [5, 5.41) is 0. The molecule has 0 saturated carbocycles. The van der Waals surface area contributed by atoms with Crippen LogP contribution in [0.5, 0.6) is 5.75 Å². The zero-order chi connectivity index (χ0) is 12.2. The number of ether oxygens (including phenoxy) is 2. The fourth-order valence-electron chi connectivity index (χ4n) is 0.929. The quantitative estimate of drug-likeness (QED) is 0.497. The van der Waals surface area contributed by atoms with Crippen molar-refractivity contribution in [3.63, 3.8) is 0 Å². The molecule has 1 aromatic rings. The molecule has 0 atom stereocenters. The highest BCUT2D eigenvalue weighted by molar-refractivity contribution is 7.80. The Balaban J connectivity index is 2.55. The van der Waals surface area contributed by atoms with Crippen LogP contribution in [0.4, 0.5) is 4.79 Å². The summed E-state index contributed by atoms with van der Waals surface area (Å²) < 4.78 is 10.2. The fraction of sp³-hybridized carbons (Fsp3) is 0.417. The van der Waals surface area contributed by atoms with Crippen LogP contribution in [0.1, 0.15) is 27.2 Å². The van der Waals surface area contributed by atoms with Gasteiger partial charge in [0.05, 0.1) is 0 Å².